The molecule has 0 unspecified atom stereocenters. The van der Waals surface area contributed by atoms with Crippen LogP contribution in [0.5, 0.6) is 5.75 Å². The van der Waals surface area contributed by atoms with Crippen LogP contribution in [0.4, 0.5) is 5.82 Å². The first kappa shape index (κ1) is 12.5. The number of anilines is 1. The number of aromatic amines is 1. The lowest BCUT2D eigenvalue weighted by Gasteiger charge is -2.26. The van der Waals surface area contributed by atoms with Crippen LogP contribution in [0, 0.1) is 0 Å². The highest BCUT2D eigenvalue weighted by molar-refractivity contribution is 5.94. The van der Waals surface area contributed by atoms with Crippen LogP contribution in [-0.4, -0.2) is 34.7 Å². The van der Waals surface area contributed by atoms with Crippen molar-refractivity contribution in [3.05, 3.63) is 41.1 Å². The van der Waals surface area contributed by atoms with Crippen molar-refractivity contribution < 1.29 is 9.53 Å². The Labute approximate surface area is 116 Å². The molecular weight excluding hydrogens is 256 g/mol. The molecule has 2 heterocycles. The molecule has 0 spiro atoms. The van der Waals surface area contributed by atoms with Gasteiger partial charge in [-0.2, -0.15) is 5.10 Å². The highest BCUT2D eigenvalue weighted by atomic mass is 16.5. The van der Waals surface area contributed by atoms with Crippen LogP contribution in [0.3, 0.4) is 0 Å². The zero-order valence-electron chi connectivity index (χ0n) is 11.2. The SMILES string of the molecule is COc1ccc(C(=O)N2CCc3c(N)n[nH]c3C2)cc1. The van der Waals surface area contributed by atoms with Gasteiger partial charge in [-0.1, -0.05) is 0 Å². The van der Waals surface area contributed by atoms with E-state index in [1.54, 1.807) is 36.3 Å². The van der Waals surface area contributed by atoms with E-state index in [0.29, 0.717) is 24.5 Å². The molecule has 2 aromatic rings. The lowest BCUT2D eigenvalue weighted by molar-refractivity contribution is 0.0732. The Morgan fingerprint density at radius 3 is 2.85 bits per heavy atom. The number of ether oxygens (including phenoxy) is 1. The minimum atomic E-state index is 0.00599. The number of nitrogens with one attached hydrogen (secondary N) is 1. The van der Waals surface area contributed by atoms with E-state index >= 15 is 0 Å². The zero-order chi connectivity index (χ0) is 14.1. The van der Waals surface area contributed by atoms with Crippen molar-refractivity contribution in [2.24, 2.45) is 0 Å². The number of rotatable bonds is 2. The van der Waals surface area contributed by atoms with Crippen LogP contribution in [0.15, 0.2) is 24.3 Å². The molecule has 0 saturated carbocycles. The molecule has 1 aromatic heterocycles. The standard InChI is InChI=1S/C14H16N4O2/c1-20-10-4-2-9(3-5-10)14(19)18-7-6-11-12(8-18)16-17-13(11)15/h2-5H,6-8H2,1H3,(H3,15,16,17). The molecule has 3 rings (SSSR count). The quantitative estimate of drug-likeness (QED) is 0.860. The van der Waals surface area contributed by atoms with Gasteiger partial charge in [-0.25, -0.2) is 0 Å². The molecule has 104 valence electrons. The van der Waals surface area contributed by atoms with Gasteiger partial charge in [-0.15, -0.1) is 0 Å². The minimum absolute atomic E-state index is 0.00599. The number of amides is 1. The van der Waals surface area contributed by atoms with E-state index < -0.39 is 0 Å². The number of nitrogens with two attached hydrogens (primary N) is 1. The van der Waals surface area contributed by atoms with Crippen molar-refractivity contribution in [2.45, 2.75) is 13.0 Å². The Hall–Kier alpha value is -2.50. The van der Waals surface area contributed by atoms with Gasteiger partial charge in [0, 0.05) is 17.7 Å². The first-order chi connectivity index (χ1) is 9.69. The fourth-order valence-corrected chi connectivity index (χ4v) is 2.43. The van der Waals surface area contributed by atoms with Gasteiger partial charge < -0.3 is 15.4 Å². The summed E-state index contributed by atoms with van der Waals surface area (Å²) in [6.45, 7) is 1.17. The van der Waals surface area contributed by atoms with Gasteiger partial charge in [0.25, 0.3) is 5.91 Å². The number of H-pyrrole nitrogens is 1. The summed E-state index contributed by atoms with van der Waals surface area (Å²) in [5.74, 6) is 1.28. The van der Waals surface area contributed by atoms with Gasteiger partial charge in [-0.3, -0.25) is 9.89 Å². The summed E-state index contributed by atoms with van der Waals surface area (Å²) in [5.41, 5.74) is 8.38. The highest BCUT2D eigenvalue weighted by Gasteiger charge is 2.24. The maximum absolute atomic E-state index is 12.4. The number of nitrogen functional groups attached to an aromatic ring is 1. The summed E-state index contributed by atoms with van der Waals surface area (Å²) in [7, 11) is 1.60. The lowest BCUT2D eigenvalue weighted by atomic mass is 10.1. The van der Waals surface area contributed by atoms with Crippen LogP contribution in [-0.2, 0) is 13.0 Å². The van der Waals surface area contributed by atoms with Gasteiger partial charge in [-0.05, 0) is 30.7 Å². The first-order valence-electron chi connectivity index (χ1n) is 6.44. The Kier molecular flexibility index (Phi) is 3.06. The molecule has 1 aromatic carbocycles. The van der Waals surface area contributed by atoms with Crippen LogP contribution in [0.25, 0.3) is 0 Å². The van der Waals surface area contributed by atoms with E-state index in [9.17, 15) is 4.79 Å². The molecule has 6 heteroatoms. The summed E-state index contributed by atoms with van der Waals surface area (Å²) in [6.07, 6.45) is 0.736. The summed E-state index contributed by atoms with van der Waals surface area (Å²) in [6, 6.07) is 7.13. The van der Waals surface area contributed by atoms with E-state index in [1.807, 2.05) is 0 Å². The third kappa shape index (κ3) is 2.09. The molecule has 0 atom stereocenters. The minimum Gasteiger partial charge on any atom is -0.497 e. The number of fused-ring (bicyclic) bond motifs is 1. The molecule has 3 N–H and O–H groups in total. The Morgan fingerprint density at radius 1 is 1.40 bits per heavy atom. The number of nitrogens with zero attached hydrogens (tertiary/aromatic N) is 2. The van der Waals surface area contributed by atoms with Gasteiger partial charge in [0.15, 0.2) is 0 Å². The first-order valence-corrected chi connectivity index (χ1v) is 6.44. The van der Waals surface area contributed by atoms with Gasteiger partial charge in [0.1, 0.15) is 11.6 Å². The van der Waals surface area contributed by atoms with Crippen LogP contribution >= 0.6 is 0 Å². The van der Waals surface area contributed by atoms with E-state index in [4.69, 9.17) is 10.5 Å². The number of benzene rings is 1. The summed E-state index contributed by atoms with van der Waals surface area (Å²) in [5, 5.41) is 6.88. The predicted octanol–water partition coefficient (Wildman–Crippen LogP) is 1.20. The molecular formula is C14H16N4O2. The third-order valence-electron chi connectivity index (χ3n) is 3.59. The van der Waals surface area contributed by atoms with Crippen LogP contribution in [0.2, 0.25) is 0 Å². The van der Waals surface area contributed by atoms with Crippen LogP contribution in [0.1, 0.15) is 21.6 Å². The Balaban J connectivity index is 1.78. The normalized spacial score (nSPS) is 13.9. The number of carbonyl (C=O) groups excluding carboxylic acids is 1. The van der Waals surface area contributed by atoms with Gasteiger partial charge in [0.05, 0.1) is 19.3 Å². The number of methoxy groups -OCH3 is 1. The van der Waals surface area contributed by atoms with E-state index in [1.165, 1.54) is 0 Å². The van der Waals surface area contributed by atoms with Crippen molar-refractivity contribution in [3.8, 4) is 5.75 Å². The highest BCUT2D eigenvalue weighted by Crippen LogP contribution is 2.23. The van der Waals surface area contributed by atoms with Crippen molar-refractivity contribution in [1.82, 2.24) is 15.1 Å². The second-order valence-corrected chi connectivity index (χ2v) is 4.77. The Bertz CT molecular complexity index is 633. The average molecular weight is 272 g/mol. The fraction of sp³-hybridized carbons (Fsp3) is 0.286. The number of hydrogen-bond acceptors (Lipinski definition) is 4. The average Bonchev–Trinajstić information content (AvgIpc) is 2.87. The van der Waals surface area contributed by atoms with Crippen molar-refractivity contribution in [1.29, 1.82) is 0 Å². The second kappa shape index (κ2) is 4.88. The summed E-state index contributed by atoms with van der Waals surface area (Å²) < 4.78 is 5.09. The lowest BCUT2D eigenvalue weighted by Crippen LogP contribution is -2.36. The summed E-state index contributed by atoms with van der Waals surface area (Å²) >= 11 is 0. The summed E-state index contributed by atoms with van der Waals surface area (Å²) in [4.78, 5) is 14.2. The maximum atomic E-state index is 12.4. The molecule has 0 aliphatic carbocycles. The fourth-order valence-electron chi connectivity index (χ4n) is 2.43. The van der Waals surface area contributed by atoms with Crippen molar-refractivity contribution in [3.63, 3.8) is 0 Å². The molecule has 0 fully saturated rings. The topological polar surface area (TPSA) is 84.2 Å². The number of aromatic nitrogens is 2. The van der Waals surface area contributed by atoms with Crippen molar-refractivity contribution in [2.75, 3.05) is 19.4 Å². The van der Waals surface area contributed by atoms with E-state index in [-0.39, 0.29) is 5.91 Å². The molecule has 20 heavy (non-hydrogen) atoms. The largest absolute Gasteiger partial charge is 0.497 e. The smallest absolute Gasteiger partial charge is 0.254 e. The maximum Gasteiger partial charge on any atom is 0.254 e. The van der Waals surface area contributed by atoms with Crippen molar-refractivity contribution >= 4 is 11.7 Å². The molecule has 0 saturated heterocycles. The van der Waals surface area contributed by atoms with E-state index in [2.05, 4.69) is 10.2 Å². The molecule has 1 aliphatic heterocycles. The molecule has 1 aliphatic rings. The molecule has 6 nitrogen and oxygen atoms in total. The number of carbonyl (C=O) groups is 1. The molecule has 0 radical (unpaired) electrons. The predicted molar refractivity (Wildman–Crippen MR) is 74.4 cm³/mol. The monoisotopic (exact) mass is 272 g/mol. The third-order valence-corrected chi connectivity index (χ3v) is 3.59. The molecule has 0 bridgehead atoms. The Morgan fingerprint density at radius 2 is 2.15 bits per heavy atom. The molecule has 1 amide bonds. The second-order valence-electron chi connectivity index (χ2n) is 4.77. The van der Waals surface area contributed by atoms with Gasteiger partial charge in [0.2, 0.25) is 0 Å². The van der Waals surface area contributed by atoms with Gasteiger partial charge >= 0.3 is 0 Å². The number of hydrogen-bond donors (Lipinski definition) is 2. The zero-order valence-corrected chi connectivity index (χ0v) is 11.2. The van der Waals surface area contributed by atoms with E-state index in [0.717, 1.165) is 23.4 Å². The van der Waals surface area contributed by atoms with Crippen LogP contribution < -0.4 is 10.5 Å².